The molecule has 2 aliphatic rings. The first-order valence-corrected chi connectivity index (χ1v) is 8.39. The van der Waals surface area contributed by atoms with Crippen molar-refractivity contribution >= 4 is 41.4 Å². The van der Waals surface area contributed by atoms with Crippen molar-refractivity contribution in [1.29, 1.82) is 0 Å². The molecule has 126 valence electrons. The van der Waals surface area contributed by atoms with Crippen LogP contribution in [0.1, 0.15) is 6.92 Å². The maximum Gasteiger partial charge on any atom is 0.342 e. The minimum Gasteiger partial charge on any atom is -0.503 e. The van der Waals surface area contributed by atoms with Crippen molar-refractivity contribution in [2.24, 2.45) is 5.10 Å². The Labute approximate surface area is 149 Å². The van der Waals surface area contributed by atoms with E-state index in [1.54, 1.807) is 6.34 Å². The Morgan fingerprint density at radius 1 is 1.33 bits per heavy atom. The van der Waals surface area contributed by atoms with E-state index >= 15 is 0 Å². The Kier molecular flexibility index (Phi) is 4.73. The normalized spacial score (nSPS) is 19.8. The highest BCUT2D eigenvalue weighted by atomic mass is 35.5. The number of esters is 1. The monoisotopic (exact) mass is 365 g/mol. The number of hydrazone groups is 1. The van der Waals surface area contributed by atoms with Gasteiger partial charge in [-0.05, 0) is 31.2 Å². The highest BCUT2D eigenvalue weighted by Gasteiger charge is 2.40. The van der Waals surface area contributed by atoms with Gasteiger partial charge in [0.05, 0.1) is 26.2 Å². The molecule has 0 spiro atoms. The van der Waals surface area contributed by atoms with E-state index in [4.69, 9.17) is 21.1 Å². The zero-order chi connectivity index (χ0) is 17.3. The van der Waals surface area contributed by atoms with Crippen LogP contribution in [0.5, 0.6) is 0 Å². The summed E-state index contributed by atoms with van der Waals surface area (Å²) in [7, 11) is 2.85. The van der Waals surface area contributed by atoms with E-state index in [-0.39, 0.29) is 5.50 Å². The number of rotatable bonds is 4. The minimum atomic E-state index is -0.443. The number of carbonyl (C=O) groups excluding carboxylic acids is 1. The molecule has 0 bridgehead atoms. The summed E-state index contributed by atoms with van der Waals surface area (Å²) in [6.07, 6.45) is 3.16. The number of anilines is 1. The molecule has 6 nitrogen and oxygen atoms in total. The van der Waals surface area contributed by atoms with Crippen LogP contribution in [0.25, 0.3) is 0 Å². The van der Waals surface area contributed by atoms with Crippen LogP contribution in [0.3, 0.4) is 0 Å². The molecule has 1 unspecified atom stereocenters. The van der Waals surface area contributed by atoms with Crippen molar-refractivity contribution in [3.63, 3.8) is 0 Å². The number of halogens is 1. The maximum absolute atomic E-state index is 12.0. The van der Waals surface area contributed by atoms with Crippen molar-refractivity contribution in [2.75, 3.05) is 19.1 Å². The zero-order valence-corrected chi connectivity index (χ0v) is 15.0. The predicted octanol–water partition coefficient (Wildman–Crippen LogP) is 3.37. The Morgan fingerprint density at radius 3 is 2.67 bits per heavy atom. The fourth-order valence-electron chi connectivity index (χ4n) is 2.48. The Balaban J connectivity index is 1.89. The van der Waals surface area contributed by atoms with Crippen LogP contribution in [-0.4, -0.2) is 37.0 Å². The van der Waals surface area contributed by atoms with Crippen LogP contribution in [0.4, 0.5) is 5.69 Å². The molecule has 1 atom stereocenters. The number of allylic oxidation sites excluding steroid dienone is 1. The van der Waals surface area contributed by atoms with Gasteiger partial charge < -0.3 is 9.47 Å². The van der Waals surface area contributed by atoms with Gasteiger partial charge in [0.25, 0.3) is 0 Å². The van der Waals surface area contributed by atoms with E-state index in [1.165, 1.54) is 32.2 Å². The number of thioether (sulfide) groups is 1. The third-order valence-electron chi connectivity index (χ3n) is 3.65. The molecule has 2 aliphatic heterocycles. The Morgan fingerprint density at radius 2 is 2.04 bits per heavy atom. The van der Waals surface area contributed by atoms with Gasteiger partial charge in [-0.25, -0.2) is 9.80 Å². The first-order valence-electron chi connectivity index (χ1n) is 7.13. The Hall–Kier alpha value is -2.12. The zero-order valence-electron chi connectivity index (χ0n) is 13.4. The van der Waals surface area contributed by atoms with Gasteiger partial charge in [-0.1, -0.05) is 23.4 Å². The highest BCUT2D eigenvalue weighted by Crippen LogP contribution is 2.46. The topological polar surface area (TPSA) is 54.4 Å². The molecule has 3 rings (SSSR count). The second-order valence-corrected chi connectivity index (χ2v) is 6.58. The average molecular weight is 366 g/mol. The number of carbonyl (C=O) groups is 1. The van der Waals surface area contributed by atoms with E-state index in [9.17, 15) is 4.79 Å². The molecule has 0 aliphatic carbocycles. The maximum atomic E-state index is 12.0. The summed E-state index contributed by atoms with van der Waals surface area (Å²) in [4.78, 5) is 14.8. The quantitative estimate of drug-likeness (QED) is 0.463. The van der Waals surface area contributed by atoms with E-state index in [0.29, 0.717) is 10.6 Å². The van der Waals surface area contributed by atoms with Gasteiger partial charge in [-0.3, -0.25) is 4.90 Å². The molecule has 8 heteroatoms. The molecule has 0 amide bonds. The number of fused-ring (bicyclic) bond motifs is 1. The van der Waals surface area contributed by atoms with Crippen LogP contribution < -0.4 is 4.90 Å². The van der Waals surface area contributed by atoms with Crippen molar-refractivity contribution in [3.8, 4) is 0 Å². The molecule has 0 fully saturated rings. The summed E-state index contributed by atoms with van der Waals surface area (Å²) in [5, 5.41) is 6.98. The van der Waals surface area contributed by atoms with Crippen molar-refractivity contribution in [3.05, 3.63) is 51.7 Å². The third-order valence-corrected chi connectivity index (χ3v) is 5.29. The number of ether oxygens (including phenoxy) is 2. The molecule has 0 N–H and O–H groups in total. The van der Waals surface area contributed by atoms with Gasteiger partial charge in [-0.2, -0.15) is 5.10 Å². The molecule has 0 aromatic heterocycles. The average Bonchev–Trinajstić information content (AvgIpc) is 3.13. The molecule has 2 heterocycles. The number of methoxy groups -OCH3 is 2. The summed E-state index contributed by atoms with van der Waals surface area (Å²) >= 11 is 7.47. The largest absolute Gasteiger partial charge is 0.503 e. The molecule has 0 saturated heterocycles. The van der Waals surface area contributed by atoms with Crippen molar-refractivity contribution in [2.45, 2.75) is 12.4 Å². The summed E-state index contributed by atoms with van der Waals surface area (Å²) < 4.78 is 9.89. The lowest BCUT2D eigenvalue weighted by atomic mass is 10.2. The molecular weight excluding hydrogens is 350 g/mol. The lowest BCUT2D eigenvalue weighted by Crippen LogP contribution is -2.33. The Bertz CT molecular complexity index is 745. The molecular formula is C16H16ClN3O3S. The van der Waals surface area contributed by atoms with E-state index in [1.807, 2.05) is 41.1 Å². The summed E-state index contributed by atoms with van der Waals surface area (Å²) in [6, 6.07) is 7.52. The lowest BCUT2D eigenvalue weighted by Gasteiger charge is -2.24. The fraction of sp³-hybridized carbons (Fsp3) is 0.250. The SMILES string of the molecule is CO/C=C(\C(=O)OC)C1=C(C)N2N=CN(c3ccc(Cl)cc3)C2S1. The molecule has 1 aromatic rings. The van der Waals surface area contributed by atoms with Crippen molar-refractivity contribution in [1.82, 2.24) is 5.01 Å². The van der Waals surface area contributed by atoms with Gasteiger partial charge in [0, 0.05) is 15.6 Å². The standard InChI is InChI=1S/C16H16ClN3O3S/c1-10-14(13(8-22-2)15(21)23-3)24-16-19(9-18-20(10)16)12-6-4-11(17)5-7-12/h4-9,16H,1-3H3/b13-8-. The summed E-state index contributed by atoms with van der Waals surface area (Å²) in [5.41, 5.74) is 2.10. The first kappa shape index (κ1) is 16.7. The molecule has 0 saturated carbocycles. The minimum absolute atomic E-state index is 0.105. The van der Waals surface area contributed by atoms with Crippen LogP contribution in [0, 0.1) is 0 Å². The van der Waals surface area contributed by atoms with E-state index in [2.05, 4.69) is 5.10 Å². The van der Waals surface area contributed by atoms with Gasteiger partial charge >= 0.3 is 5.97 Å². The summed E-state index contributed by atoms with van der Waals surface area (Å²) in [5.74, 6) is -0.443. The lowest BCUT2D eigenvalue weighted by molar-refractivity contribution is -0.135. The van der Waals surface area contributed by atoms with Crippen LogP contribution in [-0.2, 0) is 14.3 Å². The van der Waals surface area contributed by atoms with Gasteiger partial charge in [0.15, 0.2) is 5.50 Å². The van der Waals surface area contributed by atoms with Crippen LogP contribution in [0.2, 0.25) is 5.02 Å². The van der Waals surface area contributed by atoms with Crippen molar-refractivity contribution < 1.29 is 14.3 Å². The second kappa shape index (κ2) is 6.78. The van der Waals surface area contributed by atoms with Gasteiger partial charge in [-0.15, -0.1) is 0 Å². The molecule has 0 radical (unpaired) electrons. The number of hydrogen-bond donors (Lipinski definition) is 0. The number of hydrogen-bond acceptors (Lipinski definition) is 7. The summed E-state index contributed by atoms with van der Waals surface area (Å²) in [6.45, 7) is 1.91. The smallest absolute Gasteiger partial charge is 0.342 e. The van der Waals surface area contributed by atoms with Gasteiger partial charge in [0.1, 0.15) is 11.9 Å². The van der Waals surface area contributed by atoms with Crippen LogP contribution >= 0.6 is 23.4 Å². The number of nitrogens with zero attached hydrogens (tertiary/aromatic N) is 3. The highest BCUT2D eigenvalue weighted by molar-refractivity contribution is 8.04. The number of benzene rings is 1. The van der Waals surface area contributed by atoms with E-state index < -0.39 is 5.97 Å². The first-order chi connectivity index (χ1) is 11.6. The molecule has 24 heavy (non-hydrogen) atoms. The molecule has 1 aromatic carbocycles. The predicted molar refractivity (Wildman–Crippen MR) is 95.4 cm³/mol. The fourth-order valence-corrected chi connectivity index (χ4v) is 3.95. The second-order valence-electron chi connectivity index (χ2n) is 5.08. The van der Waals surface area contributed by atoms with Crippen LogP contribution in [0.15, 0.2) is 51.8 Å². The van der Waals surface area contributed by atoms with Gasteiger partial charge in [0.2, 0.25) is 0 Å². The third kappa shape index (κ3) is 2.85. The van der Waals surface area contributed by atoms with E-state index in [0.717, 1.165) is 16.3 Å².